The van der Waals surface area contributed by atoms with Gasteiger partial charge in [0, 0.05) is 34.5 Å². The van der Waals surface area contributed by atoms with Crippen LogP contribution in [0.3, 0.4) is 0 Å². The van der Waals surface area contributed by atoms with Crippen molar-refractivity contribution in [1.82, 2.24) is 4.90 Å². The molecule has 11 aliphatic rings. The summed E-state index contributed by atoms with van der Waals surface area (Å²) in [6.45, 7) is 0. The summed E-state index contributed by atoms with van der Waals surface area (Å²) in [6, 6.07) is 2.25. The van der Waals surface area contributed by atoms with E-state index >= 15 is 0 Å². The van der Waals surface area contributed by atoms with Gasteiger partial charge in [0.2, 0.25) is 0 Å². The zero-order chi connectivity index (χ0) is 30.6. The number of hydrogen-bond donors (Lipinski definition) is 0. The number of hydrogen-bond acceptors (Lipinski definition) is 5. The molecule has 4 saturated heterocycles. The fourth-order valence-electron chi connectivity index (χ4n) is 15.8. The highest BCUT2D eigenvalue weighted by atomic mass is 32.2. The van der Waals surface area contributed by atoms with E-state index in [1.807, 2.05) is 0 Å². The first-order valence-electron chi connectivity index (χ1n) is 21.7. The first-order chi connectivity index (χ1) is 23.3. The Hall–Kier alpha value is 0.190. The molecule has 19 unspecified atom stereocenters. The lowest BCUT2D eigenvalue weighted by Crippen LogP contribution is -2.59. The van der Waals surface area contributed by atoms with E-state index in [9.17, 15) is 0 Å². The molecule has 0 aromatic heterocycles. The normalized spacial score (nSPS) is 58.0. The molecule has 4 nitrogen and oxygen atoms in total. The van der Waals surface area contributed by atoms with Crippen LogP contribution < -0.4 is 0 Å². The van der Waals surface area contributed by atoms with Crippen molar-refractivity contribution >= 4 is 11.8 Å². The number of nitrogens with zero attached hydrogens (tertiary/aromatic N) is 1. The van der Waals surface area contributed by atoms with Crippen molar-refractivity contribution in [1.29, 1.82) is 0 Å². The fourth-order valence-corrected chi connectivity index (χ4v) is 18.2. The van der Waals surface area contributed by atoms with Crippen molar-refractivity contribution in [2.45, 2.75) is 213 Å². The Kier molecular flexibility index (Phi) is 8.13. The molecule has 262 valence electrons. The number of rotatable bonds is 3. The summed E-state index contributed by atoms with van der Waals surface area (Å²) < 4.78 is 21.0. The molecule has 0 N–H and O–H groups in total. The van der Waals surface area contributed by atoms with E-state index in [-0.39, 0.29) is 0 Å². The van der Waals surface area contributed by atoms with E-state index < -0.39 is 0 Å². The quantitative estimate of drug-likeness (QED) is 0.301. The second-order valence-corrected chi connectivity index (χ2v) is 20.6. The number of fused-ring (bicyclic) bond motifs is 13. The monoisotopic (exact) mass is 663 g/mol. The Morgan fingerprint density at radius 1 is 0.362 bits per heavy atom. The van der Waals surface area contributed by atoms with E-state index in [0.29, 0.717) is 36.6 Å². The van der Waals surface area contributed by atoms with Crippen molar-refractivity contribution in [3.63, 3.8) is 0 Å². The fraction of sp³-hybridized carbons (Fsp3) is 1.00. The third-order valence-electron chi connectivity index (χ3n) is 17.5. The van der Waals surface area contributed by atoms with E-state index in [4.69, 9.17) is 14.2 Å². The molecular weight excluding hydrogens is 599 g/mol. The van der Waals surface area contributed by atoms with Crippen LogP contribution in [0, 0.1) is 47.3 Å². The van der Waals surface area contributed by atoms with Gasteiger partial charge in [-0.2, -0.15) is 11.8 Å². The minimum absolute atomic E-state index is 0.545. The third-order valence-corrected chi connectivity index (χ3v) is 19.4. The van der Waals surface area contributed by atoms with E-state index in [1.54, 1.807) is 0 Å². The van der Waals surface area contributed by atoms with Crippen LogP contribution in [0.5, 0.6) is 0 Å². The molecule has 4 heterocycles. The standard InChI is InChI=1S/C42H65NO3S/c1-4-13-34-26(8-1)28-18-16-24(22-38(28)45-34)43(25-17-19-29-27-9-2-5-14-35(27)46-39(29)23-25)33-12-7-11-30-31-20-21-37-40(42(31)47-41(30)33)32-10-3-6-15-36(32)44-37/h24-42H,1-23H2. The van der Waals surface area contributed by atoms with Crippen molar-refractivity contribution in [2.75, 3.05) is 0 Å². The van der Waals surface area contributed by atoms with Gasteiger partial charge < -0.3 is 14.2 Å². The minimum Gasteiger partial charge on any atom is -0.374 e. The number of ether oxygens (including phenoxy) is 3. The Morgan fingerprint density at radius 3 is 1.51 bits per heavy atom. The maximum absolute atomic E-state index is 7.05. The molecular formula is C42H65NO3S. The summed E-state index contributed by atoms with van der Waals surface area (Å²) in [5.74, 6) is 7.15. The van der Waals surface area contributed by atoms with Gasteiger partial charge in [0.25, 0.3) is 0 Å². The van der Waals surface area contributed by atoms with Crippen LogP contribution in [0.25, 0.3) is 0 Å². The largest absolute Gasteiger partial charge is 0.374 e. The highest BCUT2D eigenvalue weighted by Gasteiger charge is 2.61. The lowest BCUT2D eigenvalue weighted by Gasteiger charge is -2.53. The summed E-state index contributed by atoms with van der Waals surface area (Å²) in [5.41, 5.74) is 0. The second kappa shape index (κ2) is 12.4. The topological polar surface area (TPSA) is 30.9 Å². The molecule has 0 spiro atoms. The molecule has 0 bridgehead atoms. The summed E-state index contributed by atoms with van der Waals surface area (Å²) in [6.07, 6.45) is 36.1. The molecule has 4 aliphatic heterocycles. The van der Waals surface area contributed by atoms with Gasteiger partial charge in [0.1, 0.15) is 0 Å². The summed E-state index contributed by atoms with van der Waals surface area (Å²) in [4.78, 5) is 3.32. The lowest BCUT2D eigenvalue weighted by atomic mass is 9.64. The molecule has 7 aliphatic carbocycles. The summed E-state index contributed by atoms with van der Waals surface area (Å²) in [7, 11) is 0. The van der Waals surface area contributed by atoms with Crippen molar-refractivity contribution in [3.8, 4) is 0 Å². The molecule has 11 rings (SSSR count). The van der Waals surface area contributed by atoms with Crippen LogP contribution in [0.1, 0.15) is 148 Å². The predicted octanol–water partition coefficient (Wildman–Crippen LogP) is 9.18. The summed E-state index contributed by atoms with van der Waals surface area (Å²) in [5, 5.41) is 1.74. The Bertz CT molecular complexity index is 1100. The van der Waals surface area contributed by atoms with Crippen LogP contribution in [0.4, 0.5) is 0 Å². The van der Waals surface area contributed by atoms with E-state index in [2.05, 4.69) is 16.7 Å². The van der Waals surface area contributed by atoms with Gasteiger partial charge in [-0.25, -0.2) is 0 Å². The predicted molar refractivity (Wildman–Crippen MR) is 188 cm³/mol. The van der Waals surface area contributed by atoms with Crippen LogP contribution in [0.2, 0.25) is 0 Å². The first kappa shape index (κ1) is 30.8. The van der Waals surface area contributed by atoms with E-state index in [1.165, 1.54) is 148 Å². The molecule has 0 aromatic carbocycles. The van der Waals surface area contributed by atoms with Crippen LogP contribution >= 0.6 is 11.8 Å². The van der Waals surface area contributed by atoms with Crippen LogP contribution in [-0.2, 0) is 14.2 Å². The van der Waals surface area contributed by atoms with Crippen LogP contribution in [0.15, 0.2) is 0 Å². The van der Waals surface area contributed by atoms with Gasteiger partial charge in [-0.3, -0.25) is 4.90 Å². The van der Waals surface area contributed by atoms with Gasteiger partial charge in [0.15, 0.2) is 0 Å². The average molecular weight is 664 g/mol. The molecule has 47 heavy (non-hydrogen) atoms. The molecule has 0 amide bonds. The molecule has 7 saturated carbocycles. The van der Waals surface area contributed by atoms with Crippen LogP contribution in [-0.4, -0.2) is 70.1 Å². The highest BCUT2D eigenvalue weighted by molar-refractivity contribution is 8.00. The molecule has 11 fully saturated rings. The van der Waals surface area contributed by atoms with Gasteiger partial charge in [-0.05, 0) is 144 Å². The smallest absolute Gasteiger partial charge is 0.0625 e. The van der Waals surface area contributed by atoms with Gasteiger partial charge >= 0.3 is 0 Å². The van der Waals surface area contributed by atoms with Gasteiger partial charge in [0.05, 0.1) is 36.6 Å². The Labute approximate surface area is 290 Å². The molecule has 19 atom stereocenters. The summed E-state index contributed by atoms with van der Waals surface area (Å²) >= 11 is 2.56. The second-order valence-electron chi connectivity index (χ2n) is 19.2. The highest BCUT2D eigenvalue weighted by Crippen LogP contribution is 2.63. The van der Waals surface area contributed by atoms with Crippen molar-refractivity contribution in [2.24, 2.45) is 47.3 Å². The zero-order valence-corrected chi connectivity index (χ0v) is 30.1. The first-order valence-corrected chi connectivity index (χ1v) is 22.6. The number of thioether (sulfide) groups is 1. The maximum atomic E-state index is 7.05. The zero-order valence-electron chi connectivity index (χ0n) is 29.3. The SMILES string of the molecule is C1CCC2C(C1)OC1CC(N(C3CCC4C(C3)OC3CCCCC34)C3CCCC4C5CCC6OC7CCCCC7C6C5SC43)CCC12. The Morgan fingerprint density at radius 2 is 0.851 bits per heavy atom. The molecule has 0 radical (unpaired) electrons. The van der Waals surface area contributed by atoms with Gasteiger partial charge in [-0.1, -0.05) is 44.9 Å². The third kappa shape index (κ3) is 5.01. The molecule has 0 aromatic rings. The maximum Gasteiger partial charge on any atom is 0.0625 e. The van der Waals surface area contributed by atoms with E-state index in [0.717, 1.165) is 76.0 Å². The molecule has 5 heteroatoms. The lowest BCUT2D eigenvalue weighted by molar-refractivity contribution is -0.0647. The van der Waals surface area contributed by atoms with Crippen molar-refractivity contribution < 1.29 is 14.2 Å². The van der Waals surface area contributed by atoms with Gasteiger partial charge in [-0.15, -0.1) is 0 Å². The average Bonchev–Trinajstić information content (AvgIpc) is 3.87. The minimum atomic E-state index is 0.545. The Balaban J connectivity index is 0.887. The van der Waals surface area contributed by atoms with Crippen molar-refractivity contribution in [3.05, 3.63) is 0 Å².